The molecule has 5 aromatic rings. The number of hydrogen-bond acceptors (Lipinski definition) is 5. The summed E-state index contributed by atoms with van der Waals surface area (Å²) in [6.07, 6.45) is -3.71. The number of nitrogens with zero attached hydrogens (tertiary/aromatic N) is 4. The van der Waals surface area contributed by atoms with Crippen LogP contribution in [0.2, 0.25) is 0 Å². The van der Waals surface area contributed by atoms with Crippen LogP contribution in [-0.4, -0.2) is 19.3 Å². The van der Waals surface area contributed by atoms with E-state index in [0.717, 1.165) is 28.7 Å². The van der Waals surface area contributed by atoms with Crippen LogP contribution in [0.5, 0.6) is 0 Å². The second-order valence-electron chi connectivity index (χ2n) is 8.14. The van der Waals surface area contributed by atoms with Crippen molar-refractivity contribution >= 4 is 10.9 Å². The summed E-state index contributed by atoms with van der Waals surface area (Å²) in [7, 11) is 0. The molecule has 2 heterocycles. The summed E-state index contributed by atoms with van der Waals surface area (Å²) < 4.78 is 46.9. The van der Waals surface area contributed by atoms with Gasteiger partial charge < -0.3 is 4.52 Å². The molecular weight excluding hydrogens is 473 g/mol. The Labute approximate surface area is 202 Å². The Balaban J connectivity index is 1.60. The van der Waals surface area contributed by atoms with Gasteiger partial charge in [0.15, 0.2) is 0 Å². The lowest BCUT2D eigenvalue weighted by atomic mass is 10.1. The molecular formula is C26H19F3N4O3. The molecule has 36 heavy (non-hydrogen) atoms. The van der Waals surface area contributed by atoms with Crippen LogP contribution >= 0.6 is 0 Å². The normalized spacial score (nSPS) is 11.8. The van der Waals surface area contributed by atoms with Gasteiger partial charge in [-0.2, -0.15) is 18.2 Å². The van der Waals surface area contributed by atoms with E-state index in [1.54, 1.807) is 36.4 Å². The summed E-state index contributed by atoms with van der Waals surface area (Å²) in [5.41, 5.74) is 0.0475. The molecule has 10 heteroatoms. The first kappa shape index (κ1) is 23.3. The third-order valence-corrected chi connectivity index (χ3v) is 5.86. The van der Waals surface area contributed by atoms with Gasteiger partial charge in [-0.1, -0.05) is 48.5 Å². The Hall–Kier alpha value is -4.47. The third kappa shape index (κ3) is 4.21. The number of rotatable bonds is 5. The molecule has 0 amide bonds. The number of hydrogen-bond donors (Lipinski definition) is 0. The number of halogens is 3. The quantitative estimate of drug-likeness (QED) is 0.351. The Morgan fingerprint density at radius 2 is 1.69 bits per heavy atom. The van der Waals surface area contributed by atoms with Crippen molar-refractivity contribution in [1.82, 2.24) is 19.3 Å². The Morgan fingerprint density at radius 1 is 0.944 bits per heavy atom. The summed E-state index contributed by atoms with van der Waals surface area (Å²) in [5, 5.41) is 4.11. The first-order chi connectivity index (χ1) is 17.3. The second kappa shape index (κ2) is 8.95. The van der Waals surface area contributed by atoms with Gasteiger partial charge in [-0.05, 0) is 48.4 Å². The fourth-order valence-electron chi connectivity index (χ4n) is 3.99. The monoisotopic (exact) mass is 492 g/mol. The van der Waals surface area contributed by atoms with E-state index in [9.17, 15) is 22.8 Å². The molecule has 5 rings (SSSR count). The van der Waals surface area contributed by atoms with E-state index in [2.05, 4.69) is 10.1 Å². The van der Waals surface area contributed by atoms with Gasteiger partial charge in [0.25, 0.3) is 5.56 Å². The molecule has 0 aliphatic rings. The van der Waals surface area contributed by atoms with Crippen molar-refractivity contribution < 1.29 is 17.7 Å². The van der Waals surface area contributed by atoms with Crippen LogP contribution < -0.4 is 11.2 Å². The number of fused-ring (bicyclic) bond motifs is 1. The highest BCUT2D eigenvalue weighted by Gasteiger charge is 2.30. The minimum absolute atomic E-state index is 0.00111. The maximum Gasteiger partial charge on any atom is 0.416 e. The van der Waals surface area contributed by atoms with E-state index >= 15 is 0 Å². The molecule has 0 unspecified atom stereocenters. The predicted molar refractivity (Wildman–Crippen MR) is 127 cm³/mol. The number of aromatic nitrogens is 4. The average Bonchev–Trinajstić information content (AvgIpc) is 3.35. The number of alkyl halides is 3. The van der Waals surface area contributed by atoms with Crippen LogP contribution in [0.25, 0.3) is 28.0 Å². The second-order valence-corrected chi connectivity index (χ2v) is 8.14. The summed E-state index contributed by atoms with van der Waals surface area (Å²) >= 11 is 0. The average molecular weight is 492 g/mol. The number of para-hydroxylation sites is 1. The topological polar surface area (TPSA) is 82.9 Å². The van der Waals surface area contributed by atoms with Crippen LogP contribution in [0.1, 0.15) is 23.9 Å². The molecule has 7 nitrogen and oxygen atoms in total. The molecule has 0 N–H and O–H groups in total. The van der Waals surface area contributed by atoms with Crippen molar-refractivity contribution in [3.05, 3.63) is 111 Å². The minimum atomic E-state index is -4.52. The van der Waals surface area contributed by atoms with Crippen molar-refractivity contribution in [2.75, 3.05) is 0 Å². The lowest BCUT2D eigenvalue weighted by molar-refractivity contribution is -0.137. The maximum atomic E-state index is 13.5. The van der Waals surface area contributed by atoms with Gasteiger partial charge in [-0.25, -0.2) is 9.36 Å². The first-order valence-electron chi connectivity index (χ1n) is 11.1. The van der Waals surface area contributed by atoms with E-state index in [4.69, 9.17) is 4.52 Å². The van der Waals surface area contributed by atoms with Gasteiger partial charge in [0, 0.05) is 5.56 Å². The highest BCUT2D eigenvalue weighted by Crippen LogP contribution is 2.31. The van der Waals surface area contributed by atoms with E-state index in [0.29, 0.717) is 16.6 Å². The SMILES string of the molecule is CCc1ccc(-n2c(=O)c3ccccc3n(Cc3nc(-c4cccc(C(F)(F)F)c4)no3)c2=O)cc1. The van der Waals surface area contributed by atoms with Crippen molar-refractivity contribution in [3.8, 4) is 17.1 Å². The molecule has 0 bridgehead atoms. The summed E-state index contributed by atoms with van der Waals surface area (Å²) in [4.78, 5) is 30.9. The molecule has 0 radical (unpaired) electrons. The van der Waals surface area contributed by atoms with Crippen LogP contribution in [0.4, 0.5) is 13.2 Å². The van der Waals surface area contributed by atoms with Gasteiger partial charge in [-0.3, -0.25) is 9.36 Å². The molecule has 0 fully saturated rings. The van der Waals surface area contributed by atoms with E-state index < -0.39 is 23.0 Å². The molecule has 0 aliphatic heterocycles. The molecule has 0 saturated heterocycles. The lowest BCUT2D eigenvalue weighted by Crippen LogP contribution is -2.39. The fourth-order valence-corrected chi connectivity index (χ4v) is 3.99. The Bertz CT molecular complexity index is 1680. The van der Waals surface area contributed by atoms with Gasteiger partial charge in [0.05, 0.1) is 22.2 Å². The molecule has 0 saturated carbocycles. The van der Waals surface area contributed by atoms with Crippen molar-refractivity contribution in [2.24, 2.45) is 0 Å². The maximum absolute atomic E-state index is 13.5. The third-order valence-electron chi connectivity index (χ3n) is 5.86. The Kier molecular flexibility index (Phi) is 5.79. The molecule has 0 atom stereocenters. The fraction of sp³-hybridized carbons (Fsp3) is 0.154. The minimum Gasteiger partial charge on any atom is -0.337 e. The largest absolute Gasteiger partial charge is 0.416 e. The molecule has 182 valence electrons. The number of benzene rings is 3. The summed E-state index contributed by atoms with van der Waals surface area (Å²) in [6, 6.07) is 18.3. The van der Waals surface area contributed by atoms with Crippen LogP contribution in [0.3, 0.4) is 0 Å². The van der Waals surface area contributed by atoms with E-state index in [1.165, 1.54) is 16.7 Å². The van der Waals surface area contributed by atoms with Gasteiger partial charge >= 0.3 is 11.9 Å². The highest BCUT2D eigenvalue weighted by atomic mass is 19.4. The van der Waals surface area contributed by atoms with Gasteiger partial charge in [0.2, 0.25) is 11.7 Å². The molecule has 0 aliphatic carbocycles. The zero-order valence-electron chi connectivity index (χ0n) is 19.0. The van der Waals surface area contributed by atoms with Crippen LogP contribution in [0, 0.1) is 0 Å². The van der Waals surface area contributed by atoms with Gasteiger partial charge in [0.1, 0.15) is 6.54 Å². The van der Waals surface area contributed by atoms with Crippen molar-refractivity contribution in [1.29, 1.82) is 0 Å². The van der Waals surface area contributed by atoms with Crippen molar-refractivity contribution in [2.45, 2.75) is 26.1 Å². The Morgan fingerprint density at radius 3 is 2.42 bits per heavy atom. The van der Waals surface area contributed by atoms with Crippen LogP contribution in [-0.2, 0) is 19.1 Å². The predicted octanol–water partition coefficient (Wildman–Crippen LogP) is 4.83. The zero-order valence-corrected chi connectivity index (χ0v) is 19.0. The van der Waals surface area contributed by atoms with Crippen molar-refractivity contribution in [3.63, 3.8) is 0 Å². The van der Waals surface area contributed by atoms with E-state index in [1.807, 2.05) is 19.1 Å². The first-order valence-corrected chi connectivity index (χ1v) is 11.1. The van der Waals surface area contributed by atoms with E-state index in [-0.39, 0.29) is 23.8 Å². The molecule has 0 spiro atoms. The summed E-state index contributed by atoms with van der Waals surface area (Å²) in [5.74, 6) is -0.0434. The molecule has 2 aromatic heterocycles. The summed E-state index contributed by atoms with van der Waals surface area (Å²) in [6.45, 7) is 1.82. The standard InChI is InChI=1S/C26H19F3N4O3/c1-2-16-10-12-19(13-11-16)33-24(34)20-8-3-4-9-21(20)32(25(33)35)15-22-30-23(31-36-22)17-6-5-7-18(14-17)26(27,28)29/h3-14H,2,15H2,1H3. The zero-order chi connectivity index (χ0) is 25.4. The van der Waals surface area contributed by atoms with Gasteiger partial charge in [-0.15, -0.1) is 0 Å². The smallest absolute Gasteiger partial charge is 0.337 e. The molecule has 3 aromatic carbocycles. The highest BCUT2D eigenvalue weighted by molar-refractivity contribution is 5.78. The number of aryl methyl sites for hydroxylation is 1. The van der Waals surface area contributed by atoms with Crippen LogP contribution in [0.15, 0.2) is 86.9 Å². The lowest BCUT2D eigenvalue weighted by Gasteiger charge is -2.13.